The van der Waals surface area contributed by atoms with Crippen LogP contribution in [0, 0.1) is 17.8 Å². The van der Waals surface area contributed by atoms with Gasteiger partial charge in [0.25, 0.3) is 0 Å². The van der Waals surface area contributed by atoms with Crippen molar-refractivity contribution in [2.75, 3.05) is 5.33 Å². The molecule has 2 unspecified atom stereocenters. The lowest BCUT2D eigenvalue weighted by Crippen LogP contribution is -2.19. The summed E-state index contributed by atoms with van der Waals surface area (Å²) in [6.07, 6.45) is 5.78. The third kappa shape index (κ3) is 3.14. The molecule has 0 spiro atoms. The Balaban J connectivity index is 2.30. The van der Waals surface area contributed by atoms with Gasteiger partial charge in [-0.05, 0) is 43.4 Å². The number of rotatable bonds is 2. The topological polar surface area (TPSA) is 0 Å². The van der Waals surface area contributed by atoms with Crippen molar-refractivity contribution in [3.05, 3.63) is 0 Å². The lowest BCUT2D eigenvalue weighted by Gasteiger charge is -2.31. The molecule has 1 heteroatoms. The third-order valence-electron chi connectivity index (χ3n) is 2.79. The number of halogens is 1. The molecule has 2 atom stereocenters. The molecule has 0 radical (unpaired) electrons. The van der Waals surface area contributed by atoms with E-state index >= 15 is 0 Å². The standard InChI is InChI=1S/C10H19Br/c1-8-5-9(2)7-10(6-8)3-4-11/h8-10H,3-7H2,1-2H3. The van der Waals surface area contributed by atoms with Crippen molar-refractivity contribution in [2.24, 2.45) is 17.8 Å². The van der Waals surface area contributed by atoms with Gasteiger partial charge < -0.3 is 0 Å². The van der Waals surface area contributed by atoms with Crippen LogP contribution in [0.25, 0.3) is 0 Å². The Kier molecular flexibility index (Phi) is 3.91. The second-order valence-electron chi connectivity index (χ2n) is 4.26. The van der Waals surface area contributed by atoms with Crippen molar-refractivity contribution < 1.29 is 0 Å². The van der Waals surface area contributed by atoms with Gasteiger partial charge in [-0.2, -0.15) is 0 Å². The Morgan fingerprint density at radius 1 is 1.09 bits per heavy atom. The van der Waals surface area contributed by atoms with Gasteiger partial charge in [-0.3, -0.25) is 0 Å². The van der Waals surface area contributed by atoms with Crippen molar-refractivity contribution in [1.29, 1.82) is 0 Å². The summed E-state index contributed by atoms with van der Waals surface area (Å²) in [5.41, 5.74) is 0. The molecule has 1 aliphatic rings. The molecule has 0 saturated heterocycles. The van der Waals surface area contributed by atoms with Crippen molar-refractivity contribution in [3.63, 3.8) is 0 Å². The van der Waals surface area contributed by atoms with Crippen LogP contribution in [0.3, 0.4) is 0 Å². The van der Waals surface area contributed by atoms with Crippen LogP contribution >= 0.6 is 15.9 Å². The molecule has 0 nitrogen and oxygen atoms in total. The number of alkyl halides is 1. The highest BCUT2D eigenvalue weighted by Gasteiger charge is 2.22. The largest absolute Gasteiger partial charge is 0.0928 e. The molecule has 1 fully saturated rings. The summed E-state index contributed by atoms with van der Waals surface area (Å²) in [6.45, 7) is 4.80. The first-order valence-electron chi connectivity index (χ1n) is 4.78. The van der Waals surface area contributed by atoms with E-state index in [-0.39, 0.29) is 0 Å². The molecule has 1 aliphatic carbocycles. The Bertz CT molecular complexity index is 101. The molecule has 0 aromatic rings. The minimum atomic E-state index is 0.975. The summed E-state index contributed by atoms with van der Waals surface area (Å²) in [6, 6.07) is 0. The van der Waals surface area contributed by atoms with Crippen LogP contribution in [0.5, 0.6) is 0 Å². The van der Waals surface area contributed by atoms with Gasteiger partial charge in [-0.15, -0.1) is 0 Å². The molecule has 66 valence electrons. The molecule has 0 bridgehead atoms. The maximum Gasteiger partial charge on any atom is 0.00339 e. The lowest BCUT2D eigenvalue weighted by atomic mass is 9.76. The summed E-state index contributed by atoms with van der Waals surface area (Å²) in [7, 11) is 0. The van der Waals surface area contributed by atoms with E-state index in [0.717, 1.165) is 17.8 Å². The van der Waals surface area contributed by atoms with Gasteiger partial charge in [0, 0.05) is 5.33 Å². The SMILES string of the molecule is CC1CC(C)CC(CCBr)C1. The van der Waals surface area contributed by atoms with Crippen LogP contribution in [0.4, 0.5) is 0 Å². The van der Waals surface area contributed by atoms with Crippen molar-refractivity contribution in [3.8, 4) is 0 Å². The van der Waals surface area contributed by atoms with Gasteiger partial charge in [-0.25, -0.2) is 0 Å². The average Bonchev–Trinajstić information content (AvgIpc) is 1.85. The first-order chi connectivity index (χ1) is 5.22. The van der Waals surface area contributed by atoms with E-state index in [9.17, 15) is 0 Å². The monoisotopic (exact) mass is 218 g/mol. The van der Waals surface area contributed by atoms with E-state index < -0.39 is 0 Å². The molecule has 1 saturated carbocycles. The van der Waals surface area contributed by atoms with Gasteiger partial charge in [0.15, 0.2) is 0 Å². The zero-order valence-electron chi connectivity index (χ0n) is 7.65. The Labute approximate surface area is 78.9 Å². The molecule has 0 amide bonds. The second-order valence-corrected chi connectivity index (χ2v) is 5.05. The van der Waals surface area contributed by atoms with Gasteiger partial charge in [0.2, 0.25) is 0 Å². The van der Waals surface area contributed by atoms with E-state index in [2.05, 4.69) is 29.8 Å². The minimum Gasteiger partial charge on any atom is -0.0928 e. The van der Waals surface area contributed by atoms with Crippen molar-refractivity contribution >= 4 is 15.9 Å². The molecular weight excluding hydrogens is 200 g/mol. The van der Waals surface area contributed by atoms with Crippen LogP contribution in [0.1, 0.15) is 39.5 Å². The van der Waals surface area contributed by atoms with E-state index in [1.54, 1.807) is 0 Å². The second kappa shape index (κ2) is 4.49. The summed E-state index contributed by atoms with van der Waals surface area (Å²) >= 11 is 3.52. The smallest absolute Gasteiger partial charge is 0.00339 e. The van der Waals surface area contributed by atoms with Crippen LogP contribution in [-0.2, 0) is 0 Å². The number of hydrogen-bond acceptors (Lipinski definition) is 0. The molecule has 0 aromatic carbocycles. The maximum atomic E-state index is 3.52. The first kappa shape index (κ1) is 9.57. The maximum absolute atomic E-state index is 3.52. The minimum absolute atomic E-state index is 0.975. The van der Waals surface area contributed by atoms with Gasteiger partial charge >= 0.3 is 0 Å². The first-order valence-corrected chi connectivity index (χ1v) is 5.90. The van der Waals surface area contributed by atoms with E-state index in [1.165, 1.54) is 31.0 Å². The predicted molar refractivity (Wildman–Crippen MR) is 54.1 cm³/mol. The Morgan fingerprint density at radius 2 is 1.64 bits per heavy atom. The van der Waals surface area contributed by atoms with Crippen LogP contribution in [0.15, 0.2) is 0 Å². The Morgan fingerprint density at radius 3 is 2.09 bits per heavy atom. The number of hydrogen-bond donors (Lipinski definition) is 0. The van der Waals surface area contributed by atoms with E-state index in [1.807, 2.05) is 0 Å². The highest BCUT2D eigenvalue weighted by atomic mass is 79.9. The van der Waals surface area contributed by atoms with E-state index in [0.29, 0.717) is 0 Å². The van der Waals surface area contributed by atoms with Crippen LogP contribution < -0.4 is 0 Å². The fourth-order valence-corrected chi connectivity index (χ4v) is 3.15. The fraction of sp³-hybridized carbons (Fsp3) is 1.00. The molecule has 11 heavy (non-hydrogen) atoms. The normalized spacial score (nSPS) is 39.0. The van der Waals surface area contributed by atoms with E-state index in [4.69, 9.17) is 0 Å². The highest BCUT2D eigenvalue weighted by Crippen LogP contribution is 2.34. The molecule has 0 heterocycles. The fourth-order valence-electron chi connectivity index (χ4n) is 2.50. The average molecular weight is 219 g/mol. The summed E-state index contributed by atoms with van der Waals surface area (Å²) in [4.78, 5) is 0. The molecule has 0 aliphatic heterocycles. The summed E-state index contributed by atoms with van der Waals surface area (Å²) in [5.74, 6) is 2.96. The van der Waals surface area contributed by atoms with Crippen molar-refractivity contribution in [1.82, 2.24) is 0 Å². The zero-order chi connectivity index (χ0) is 8.27. The van der Waals surface area contributed by atoms with Gasteiger partial charge in [0.05, 0.1) is 0 Å². The zero-order valence-corrected chi connectivity index (χ0v) is 9.23. The molecule has 1 rings (SSSR count). The van der Waals surface area contributed by atoms with Crippen LogP contribution in [-0.4, -0.2) is 5.33 Å². The van der Waals surface area contributed by atoms with Gasteiger partial charge in [-0.1, -0.05) is 29.8 Å². The quantitative estimate of drug-likeness (QED) is 0.619. The molecule has 0 aromatic heterocycles. The highest BCUT2D eigenvalue weighted by molar-refractivity contribution is 9.09. The van der Waals surface area contributed by atoms with Gasteiger partial charge in [0.1, 0.15) is 0 Å². The molecular formula is C10H19Br. The summed E-state index contributed by atoms with van der Waals surface area (Å²) < 4.78 is 0. The summed E-state index contributed by atoms with van der Waals surface area (Å²) in [5, 5.41) is 1.19. The lowest BCUT2D eigenvalue weighted by molar-refractivity contribution is 0.216. The Hall–Kier alpha value is 0.480. The predicted octanol–water partition coefficient (Wildman–Crippen LogP) is 3.84. The van der Waals surface area contributed by atoms with Crippen LogP contribution in [0.2, 0.25) is 0 Å². The van der Waals surface area contributed by atoms with Crippen molar-refractivity contribution in [2.45, 2.75) is 39.5 Å². The molecule has 0 N–H and O–H groups in total. The third-order valence-corrected chi connectivity index (χ3v) is 3.25.